The maximum Gasteiger partial charge on any atom is 0.218 e. The van der Waals surface area contributed by atoms with Crippen LogP contribution in [0.15, 0.2) is 15.9 Å². The van der Waals surface area contributed by atoms with E-state index in [0.29, 0.717) is 11.1 Å². The molecule has 0 fully saturated rings. The lowest BCUT2D eigenvalue weighted by molar-refractivity contribution is 1.10. The molecule has 0 radical (unpaired) electrons. The van der Waals surface area contributed by atoms with Crippen LogP contribution in [0.3, 0.4) is 0 Å². The van der Waals surface area contributed by atoms with Crippen LogP contribution in [0.25, 0.3) is 10.7 Å². The van der Waals surface area contributed by atoms with Gasteiger partial charge in [0.25, 0.3) is 0 Å². The van der Waals surface area contributed by atoms with Crippen LogP contribution < -0.4 is 0 Å². The van der Waals surface area contributed by atoms with Gasteiger partial charge in [-0.25, -0.2) is 5.10 Å². The van der Waals surface area contributed by atoms with Crippen LogP contribution in [0.2, 0.25) is 5.28 Å². The second kappa shape index (κ2) is 3.16. The van der Waals surface area contributed by atoms with E-state index >= 15 is 0 Å². The van der Waals surface area contributed by atoms with Gasteiger partial charge < -0.3 is 0 Å². The number of aromatic amines is 1. The zero-order valence-electron chi connectivity index (χ0n) is 5.71. The van der Waals surface area contributed by atoms with E-state index < -0.39 is 0 Å². The van der Waals surface area contributed by atoms with E-state index in [4.69, 9.17) is 11.6 Å². The highest BCUT2D eigenvalue weighted by Gasteiger charge is 2.06. The third-order valence-corrected chi connectivity index (χ3v) is 3.10. The normalized spacial score (nSPS) is 10.5. The van der Waals surface area contributed by atoms with Gasteiger partial charge in [-0.05, 0) is 33.6 Å². The standard InChI is InChI=1S/C6H3BrClN3S/c7-3-1-4(12-2-3)5-9-6(8)11-10-5/h1-2H,(H,9,10,11). The molecule has 0 saturated carbocycles. The Kier molecular flexibility index (Phi) is 2.16. The van der Waals surface area contributed by atoms with Gasteiger partial charge in [-0.15, -0.1) is 11.3 Å². The summed E-state index contributed by atoms with van der Waals surface area (Å²) in [5, 5.41) is 8.78. The molecule has 12 heavy (non-hydrogen) atoms. The predicted octanol–water partition coefficient (Wildman–Crippen LogP) is 2.95. The summed E-state index contributed by atoms with van der Waals surface area (Å²) in [5.41, 5.74) is 0. The van der Waals surface area contributed by atoms with E-state index in [1.807, 2.05) is 11.4 Å². The van der Waals surface area contributed by atoms with Gasteiger partial charge >= 0.3 is 0 Å². The molecule has 0 bridgehead atoms. The van der Waals surface area contributed by atoms with Gasteiger partial charge in [0.05, 0.1) is 4.88 Å². The first-order valence-electron chi connectivity index (χ1n) is 3.08. The Morgan fingerprint density at radius 2 is 2.42 bits per heavy atom. The third-order valence-electron chi connectivity index (χ3n) is 1.25. The van der Waals surface area contributed by atoms with Crippen LogP contribution in [0.5, 0.6) is 0 Å². The molecule has 3 nitrogen and oxygen atoms in total. The first-order valence-corrected chi connectivity index (χ1v) is 5.13. The molecule has 2 heterocycles. The molecule has 2 aromatic heterocycles. The Morgan fingerprint density at radius 1 is 1.58 bits per heavy atom. The van der Waals surface area contributed by atoms with Gasteiger partial charge in [-0.1, -0.05) is 0 Å². The number of hydrogen-bond acceptors (Lipinski definition) is 3. The Labute approximate surface area is 85.9 Å². The summed E-state index contributed by atoms with van der Waals surface area (Å²) in [4.78, 5) is 4.97. The largest absolute Gasteiger partial charge is 0.249 e. The summed E-state index contributed by atoms with van der Waals surface area (Å²) < 4.78 is 1.03. The van der Waals surface area contributed by atoms with E-state index in [2.05, 4.69) is 31.1 Å². The van der Waals surface area contributed by atoms with Crippen LogP contribution in [0.1, 0.15) is 0 Å². The summed E-state index contributed by atoms with van der Waals surface area (Å²) in [7, 11) is 0. The SMILES string of the molecule is Clc1nc(-c2cc(Br)cs2)n[nH]1. The summed E-state index contributed by atoms with van der Waals surface area (Å²) in [5.74, 6) is 0.635. The molecule has 62 valence electrons. The van der Waals surface area contributed by atoms with Gasteiger partial charge in [0.15, 0.2) is 5.82 Å². The van der Waals surface area contributed by atoms with Gasteiger partial charge in [0.1, 0.15) is 0 Å². The molecule has 0 saturated heterocycles. The highest BCUT2D eigenvalue weighted by Crippen LogP contribution is 2.27. The smallest absolute Gasteiger partial charge is 0.218 e. The summed E-state index contributed by atoms with van der Waals surface area (Å²) in [6.07, 6.45) is 0. The molecule has 0 aliphatic heterocycles. The quantitative estimate of drug-likeness (QED) is 0.860. The fourth-order valence-electron chi connectivity index (χ4n) is 0.783. The topological polar surface area (TPSA) is 41.6 Å². The minimum atomic E-state index is 0.314. The van der Waals surface area contributed by atoms with Gasteiger partial charge in [-0.3, -0.25) is 0 Å². The maximum absolute atomic E-state index is 5.58. The predicted molar refractivity (Wildman–Crippen MR) is 52.4 cm³/mol. The van der Waals surface area contributed by atoms with E-state index in [1.165, 1.54) is 0 Å². The number of aromatic nitrogens is 3. The number of thiophene rings is 1. The second-order valence-electron chi connectivity index (χ2n) is 2.08. The minimum absolute atomic E-state index is 0.314. The lowest BCUT2D eigenvalue weighted by Gasteiger charge is -1.82. The molecule has 6 heteroatoms. The fourth-order valence-corrected chi connectivity index (χ4v) is 2.26. The molecule has 0 aliphatic carbocycles. The average molecular weight is 265 g/mol. The van der Waals surface area contributed by atoms with E-state index in [9.17, 15) is 0 Å². The lowest BCUT2D eigenvalue weighted by atomic mass is 10.4. The van der Waals surface area contributed by atoms with Crippen LogP contribution in [0.4, 0.5) is 0 Å². The molecule has 0 aliphatic rings. The van der Waals surface area contributed by atoms with Crippen molar-refractivity contribution >= 4 is 38.9 Å². The number of hydrogen-bond donors (Lipinski definition) is 1. The number of halogens is 2. The molecule has 0 atom stereocenters. The Balaban J connectivity index is 2.43. The molecule has 0 spiro atoms. The summed E-state index contributed by atoms with van der Waals surface area (Å²) in [6.45, 7) is 0. The Bertz CT molecular complexity index is 359. The third kappa shape index (κ3) is 1.53. The number of nitrogens with zero attached hydrogens (tertiary/aromatic N) is 2. The van der Waals surface area contributed by atoms with Crippen LogP contribution >= 0.6 is 38.9 Å². The summed E-state index contributed by atoms with van der Waals surface area (Å²) >= 11 is 10.5. The second-order valence-corrected chi connectivity index (χ2v) is 4.26. The van der Waals surface area contributed by atoms with Crippen LogP contribution in [-0.4, -0.2) is 15.2 Å². The zero-order valence-corrected chi connectivity index (χ0v) is 8.87. The first-order chi connectivity index (χ1) is 5.75. The highest BCUT2D eigenvalue weighted by atomic mass is 79.9. The zero-order chi connectivity index (χ0) is 8.55. The van der Waals surface area contributed by atoms with Crippen molar-refractivity contribution in [2.75, 3.05) is 0 Å². The fraction of sp³-hybridized carbons (Fsp3) is 0. The van der Waals surface area contributed by atoms with Crippen LogP contribution in [-0.2, 0) is 0 Å². The Hall–Kier alpha value is -0.390. The molecule has 0 unspecified atom stereocenters. The monoisotopic (exact) mass is 263 g/mol. The minimum Gasteiger partial charge on any atom is -0.249 e. The molecule has 0 amide bonds. The van der Waals surface area contributed by atoms with Crippen molar-refractivity contribution in [3.63, 3.8) is 0 Å². The Morgan fingerprint density at radius 3 is 2.92 bits per heavy atom. The lowest BCUT2D eigenvalue weighted by Crippen LogP contribution is -1.73. The summed E-state index contributed by atoms with van der Waals surface area (Å²) in [6, 6.07) is 1.95. The van der Waals surface area contributed by atoms with Crippen molar-refractivity contribution in [1.29, 1.82) is 0 Å². The molecule has 2 aromatic rings. The molecular weight excluding hydrogens is 262 g/mol. The van der Waals surface area contributed by atoms with Gasteiger partial charge in [0.2, 0.25) is 5.28 Å². The van der Waals surface area contributed by atoms with E-state index in [1.54, 1.807) is 11.3 Å². The molecule has 1 N–H and O–H groups in total. The van der Waals surface area contributed by atoms with Crippen molar-refractivity contribution in [3.8, 4) is 10.7 Å². The number of rotatable bonds is 1. The number of H-pyrrole nitrogens is 1. The maximum atomic E-state index is 5.58. The van der Waals surface area contributed by atoms with E-state index in [0.717, 1.165) is 9.35 Å². The van der Waals surface area contributed by atoms with Crippen molar-refractivity contribution in [3.05, 3.63) is 21.2 Å². The van der Waals surface area contributed by atoms with Gasteiger partial charge in [-0.2, -0.15) is 10.1 Å². The molecule has 2 rings (SSSR count). The highest BCUT2D eigenvalue weighted by molar-refractivity contribution is 9.10. The van der Waals surface area contributed by atoms with Crippen molar-refractivity contribution < 1.29 is 0 Å². The molecular formula is C6H3BrClN3S. The van der Waals surface area contributed by atoms with Crippen LogP contribution in [0, 0.1) is 0 Å². The number of nitrogens with one attached hydrogen (secondary N) is 1. The van der Waals surface area contributed by atoms with Crippen molar-refractivity contribution in [1.82, 2.24) is 15.2 Å². The van der Waals surface area contributed by atoms with E-state index in [-0.39, 0.29) is 0 Å². The molecule has 0 aromatic carbocycles. The average Bonchev–Trinajstić information content (AvgIpc) is 2.58. The van der Waals surface area contributed by atoms with Gasteiger partial charge in [0, 0.05) is 9.85 Å². The first kappa shape index (κ1) is 8.22. The van der Waals surface area contributed by atoms with Crippen molar-refractivity contribution in [2.45, 2.75) is 0 Å². The van der Waals surface area contributed by atoms with Crippen molar-refractivity contribution in [2.24, 2.45) is 0 Å².